The number of aromatic amines is 1. The highest BCUT2D eigenvalue weighted by Gasteiger charge is 2.12. The van der Waals surface area contributed by atoms with E-state index in [-0.39, 0.29) is 5.91 Å². The lowest BCUT2D eigenvalue weighted by atomic mass is 10.0. The number of thiophene rings is 1. The summed E-state index contributed by atoms with van der Waals surface area (Å²) in [5.74, 6) is 0.265. The van der Waals surface area contributed by atoms with E-state index in [1.807, 2.05) is 41.8 Å². The van der Waals surface area contributed by atoms with Crippen LogP contribution >= 0.6 is 11.3 Å². The zero-order valence-electron chi connectivity index (χ0n) is 12.5. The number of hydrogen-bond acceptors (Lipinski definition) is 3. The van der Waals surface area contributed by atoms with E-state index in [4.69, 9.17) is 0 Å². The molecule has 22 heavy (non-hydrogen) atoms. The van der Waals surface area contributed by atoms with Crippen molar-refractivity contribution in [3.8, 4) is 10.6 Å². The lowest BCUT2D eigenvalue weighted by Gasteiger charge is -2.07. The third kappa shape index (κ3) is 3.09. The number of H-pyrrole nitrogens is 1. The number of benzene rings is 1. The zero-order chi connectivity index (χ0) is 15.5. The normalized spacial score (nSPS) is 10.9. The summed E-state index contributed by atoms with van der Waals surface area (Å²) < 4.78 is 0. The third-order valence-electron chi connectivity index (χ3n) is 3.43. The molecule has 0 aliphatic rings. The Bertz CT molecular complexity index is 758. The van der Waals surface area contributed by atoms with Crippen molar-refractivity contribution < 1.29 is 4.79 Å². The number of anilines is 1. The fourth-order valence-corrected chi connectivity index (χ4v) is 2.83. The Morgan fingerprint density at radius 1 is 1.23 bits per heavy atom. The van der Waals surface area contributed by atoms with Crippen molar-refractivity contribution in [1.29, 1.82) is 0 Å². The van der Waals surface area contributed by atoms with Crippen LogP contribution in [0.15, 0.2) is 47.8 Å². The number of aromatic nitrogens is 2. The molecule has 1 amide bonds. The lowest BCUT2D eigenvalue weighted by Crippen LogP contribution is -2.12. The minimum absolute atomic E-state index is 0.212. The quantitative estimate of drug-likeness (QED) is 0.744. The van der Waals surface area contributed by atoms with Gasteiger partial charge in [0, 0.05) is 5.69 Å². The molecule has 0 radical (unpaired) electrons. The first-order valence-corrected chi connectivity index (χ1v) is 8.02. The molecule has 0 spiro atoms. The monoisotopic (exact) mass is 311 g/mol. The van der Waals surface area contributed by atoms with Crippen molar-refractivity contribution in [3.05, 3.63) is 59.1 Å². The summed E-state index contributed by atoms with van der Waals surface area (Å²) in [6.07, 6.45) is 0. The zero-order valence-corrected chi connectivity index (χ0v) is 13.3. The van der Waals surface area contributed by atoms with Gasteiger partial charge in [0.15, 0.2) is 5.69 Å². The summed E-state index contributed by atoms with van der Waals surface area (Å²) in [4.78, 5) is 13.3. The van der Waals surface area contributed by atoms with Gasteiger partial charge in [-0.2, -0.15) is 5.10 Å². The first-order chi connectivity index (χ1) is 10.6. The summed E-state index contributed by atoms with van der Waals surface area (Å²) in [5.41, 5.74) is 3.26. The van der Waals surface area contributed by atoms with Gasteiger partial charge in [-0.3, -0.25) is 9.89 Å². The summed E-state index contributed by atoms with van der Waals surface area (Å²) in [7, 11) is 0. The predicted molar refractivity (Wildman–Crippen MR) is 90.4 cm³/mol. The van der Waals surface area contributed by atoms with Gasteiger partial charge in [0.1, 0.15) is 0 Å². The number of nitrogens with zero attached hydrogens (tertiary/aromatic N) is 1. The van der Waals surface area contributed by atoms with Crippen LogP contribution in [0, 0.1) is 0 Å². The molecule has 2 aromatic heterocycles. The van der Waals surface area contributed by atoms with Crippen molar-refractivity contribution in [2.24, 2.45) is 0 Å². The average molecular weight is 311 g/mol. The minimum atomic E-state index is -0.212. The van der Waals surface area contributed by atoms with Crippen LogP contribution in [-0.4, -0.2) is 16.1 Å². The van der Waals surface area contributed by atoms with E-state index in [0.29, 0.717) is 11.6 Å². The van der Waals surface area contributed by atoms with Gasteiger partial charge in [-0.15, -0.1) is 11.3 Å². The first kappa shape index (κ1) is 14.5. The van der Waals surface area contributed by atoms with E-state index >= 15 is 0 Å². The molecule has 5 heteroatoms. The molecule has 0 fully saturated rings. The molecule has 1 aromatic carbocycles. The Kier molecular flexibility index (Phi) is 4.06. The molecule has 2 heterocycles. The Hall–Kier alpha value is -2.40. The summed E-state index contributed by atoms with van der Waals surface area (Å²) in [5, 5.41) is 11.8. The van der Waals surface area contributed by atoms with Crippen LogP contribution in [0.25, 0.3) is 10.6 Å². The van der Waals surface area contributed by atoms with E-state index in [9.17, 15) is 4.79 Å². The maximum absolute atomic E-state index is 12.2. The first-order valence-electron chi connectivity index (χ1n) is 7.14. The molecule has 0 bridgehead atoms. The number of amides is 1. The highest BCUT2D eigenvalue weighted by atomic mass is 32.1. The van der Waals surface area contributed by atoms with E-state index in [2.05, 4.69) is 29.4 Å². The average Bonchev–Trinajstić information content (AvgIpc) is 3.19. The van der Waals surface area contributed by atoms with Crippen molar-refractivity contribution in [3.63, 3.8) is 0 Å². The molecule has 0 atom stereocenters. The van der Waals surface area contributed by atoms with Gasteiger partial charge in [0.2, 0.25) is 0 Å². The van der Waals surface area contributed by atoms with Crippen molar-refractivity contribution >= 4 is 22.9 Å². The predicted octanol–water partition coefficient (Wildman–Crippen LogP) is 4.51. The van der Waals surface area contributed by atoms with Gasteiger partial charge in [0.05, 0.1) is 10.6 Å². The largest absolute Gasteiger partial charge is 0.321 e. The van der Waals surface area contributed by atoms with E-state index < -0.39 is 0 Å². The molecule has 3 aromatic rings. The SMILES string of the molecule is CC(C)c1ccc(NC(=O)c2cc(-c3cccs3)[nH]n2)cc1. The van der Waals surface area contributed by atoms with E-state index in [0.717, 1.165) is 16.3 Å². The maximum atomic E-state index is 12.2. The molecular weight excluding hydrogens is 294 g/mol. The second-order valence-electron chi connectivity index (χ2n) is 5.37. The lowest BCUT2D eigenvalue weighted by molar-refractivity contribution is 0.102. The van der Waals surface area contributed by atoms with Crippen LogP contribution in [-0.2, 0) is 0 Å². The summed E-state index contributed by atoms with van der Waals surface area (Å²) >= 11 is 1.61. The molecular formula is C17H17N3OS. The molecule has 0 aliphatic heterocycles. The Balaban J connectivity index is 1.72. The molecule has 4 nitrogen and oxygen atoms in total. The van der Waals surface area contributed by atoms with E-state index in [1.54, 1.807) is 17.4 Å². The molecule has 2 N–H and O–H groups in total. The van der Waals surface area contributed by atoms with Crippen LogP contribution in [0.4, 0.5) is 5.69 Å². The Morgan fingerprint density at radius 3 is 2.64 bits per heavy atom. The highest BCUT2D eigenvalue weighted by molar-refractivity contribution is 7.13. The van der Waals surface area contributed by atoms with Crippen LogP contribution in [0.1, 0.15) is 35.8 Å². The molecule has 0 aliphatic carbocycles. The fraction of sp³-hybridized carbons (Fsp3) is 0.176. The third-order valence-corrected chi connectivity index (χ3v) is 4.34. The Labute approximate surface area is 133 Å². The van der Waals surface area contributed by atoms with E-state index in [1.165, 1.54) is 5.56 Å². The second kappa shape index (κ2) is 6.15. The van der Waals surface area contributed by atoms with Gasteiger partial charge < -0.3 is 5.32 Å². The minimum Gasteiger partial charge on any atom is -0.321 e. The summed E-state index contributed by atoms with van der Waals surface area (Å²) in [6.45, 7) is 4.28. The van der Waals surface area contributed by atoms with Crippen molar-refractivity contribution in [1.82, 2.24) is 10.2 Å². The molecule has 0 unspecified atom stereocenters. The topological polar surface area (TPSA) is 57.8 Å². The van der Waals surface area contributed by atoms with Crippen LogP contribution in [0.3, 0.4) is 0 Å². The van der Waals surface area contributed by atoms with Gasteiger partial charge in [0.25, 0.3) is 5.91 Å². The molecule has 0 saturated heterocycles. The number of nitrogens with one attached hydrogen (secondary N) is 2. The summed E-state index contributed by atoms with van der Waals surface area (Å²) in [6, 6.07) is 13.6. The number of rotatable bonds is 4. The number of carbonyl (C=O) groups excluding carboxylic acids is 1. The number of hydrogen-bond donors (Lipinski definition) is 2. The van der Waals surface area contributed by atoms with Gasteiger partial charge >= 0.3 is 0 Å². The van der Waals surface area contributed by atoms with Crippen molar-refractivity contribution in [2.45, 2.75) is 19.8 Å². The standard InChI is InChI=1S/C17H17N3OS/c1-11(2)12-5-7-13(8-6-12)18-17(21)15-10-14(19-20-15)16-4-3-9-22-16/h3-11H,1-2H3,(H,18,21)(H,19,20). The van der Waals surface area contributed by atoms with Crippen LogP contribution in [0.2, 0.25) is 0 Å². The fourth-order valence-electron chi connectivity index (χ4n) is 2.14. The van der Waals surface area contributed by atoms with Gasteiger partial charge in [-0.25, -0.2) is 0 Å². The van der Waals surface area contributed by atoms with Crippen LogP contribution < -0.4 is 5.32 Å². The highest BCUT2D eigenvalue weighted by Crippen LogP contribution is 2.23. The second-order valence-corrected chi connectivity index (χ2v) is 6.32. The molecule has 3 rings (SSSR count). The van der Waals surface area contributed by atoms with Crippen LogP contribution in [0.5, 0.6) is 0 Å². The Morgan fingerprint density at radius 2 is 2.00 bits per heavy atom. The maximum Gasteiger partial charge on any atom is 0.276 e. The smallest absolute Gasteiger partial charge is 0.276 e. The molecule has 112 valence electrons. The van der Waals surface area contributed by atoms with Gasteiger partial charge in [-0.1, -0.05) is 32.0 Å². The van der Waals surface area contributed by atoms with Gasteiger partial charge in [-0.05, 0) is 41.1 Å². The molecule has 0 saturated carbocycles. The van der Waals surface area contributed by atoms with Crippen molar-refractivity contribution in [2.75, 3.05) is 5.32 Å². The number of carbonyl (C=O) groups is 1.